The van der Waals surface area contributed by atoms with Crippen molar-refractivity contribution in [2.24, 2.45) is 5.92 Å². The van der Waals surface area contributed by atoms with Crippen LogP contribution in [-0.2, 0) is 14.3 Å². The number of carboxylic acid groups (broad SMARTS) is 1. The topological polar surface area (TPSA) is 63.6 Å². The summed E-state index contributed by atoms with van der Waals surface area (Å²) < 4.78 is 4.93. The Morgan fingerprint density at radius 3 is 2.43 bits per heavy atom. The van der Waals surface area contributed by atoms with E-state index in [1.807, 2.05) is 6.92 Å². The first kappa shape index (κ1) is 12.9. The second-order valence-electron chi connectivity index (χ2n) is 3.22. The Morgan fingerprint density at radius 1 is 1.36 bits per heavy atom. The van der Waals surface area contributed by atoms with Crippen LogP contribution in [0, 0.1) is 5.92 Å². The lowest BCUT2D eigenvalue weighted by Crippen LogP contribution is -2.20. The summed E-state index contributed by atoms with van der Waals surface area (Å²) in [5.41, 5.74) is 0. The summed E-state index contributed by atoms with van der Waals surface area (Å²) in [6.07, 6.45) is 2.16. The van der Waals surface area contributed by atoms with E-state index in [4.69, 9.17) is 9.84 Å². The molecule has 1 unspecified atom stereocenters. The minimum atomic E-state index is -0.954. The summed E-state index contributed by atoms with van der Waals surface area (Å²) in [5.74, 6) is -1.84. The van der Waals surface area contributed by atoms with Crippen molar-refractivity contribution in [2.75, 3.05) is 6.61 Å². The monoisotopic (exact) mass is 202 g/mol. The summed E-state index contributed by atoms with van der Waals surface area (Å²) in [7, 11) is 0. The molecule has 0 saturated carbocycles. The van der Waals surface area contributed by atoms with E-state index in [1.54, 1.807) is 6.92 Å². The molecule has 0 aliphatic heterocycles. The first-order valence-corrected chi connectivity index (χ1v) is 5.00. The summed E-state index contributed by atoms with van der Waals surface area (Å²) in [6, 6.07) is 0. The Morgan fingerprint density at radius 2 is 2.00 bits per heavy atom. The molecule has 0 aliphatic rings. The van der Waals surface area contributed by atoms with Crippen LogP contribution in [0.5, 0.6) is 0 Å². The van der Waals surface area contributed by atoms with Crippen molar-refractivity contribution >= 4 is 11.9 Å². The third kappa shape index (κ3) is 5.56. The number of carboxylic acids is 1. The molecule has 0 spiro atoms. The van der Waals surface area contributed by atoms with Crippen LogP contribution in [0.15, 0.2) is 0 Å². The van der Waals surface area contributed by atoms with Gasteiger partial charge in [0, 0.05) is 0 Å². The third-order valence-corrected chi connectivity index (χ3v) is 1.99. The molecule has 0 amide bonds. The highest BCUT2D eigenvalue weighted by Gasteiger charge is 2.20. The van der Waals surface area contributed by atoms with E-state index in [2.05, 4.69) is 0 Å². The Balaban J connectivity index is 3.85. The fourth-order valence-electron chi connectivity index (χ4n) is 1.04. The molecule has 4 nitrogen and oxygen atoms in total. The van der Waals surface area contributed by atoms with Crippen LogP contribution in [0.3, 0.4) is 0 Å². The van der Waals surface area contributed by atoms with E-state index in [-0.39, 0.29) is 12.4 Å². The number of carbonyl (C=O) groups excluding carboxylic acids is 1. The molecule has 82 valence electrons. The molecule has 0 rings (SSSR count). The Hall–Kier alpha value is -1.06. The van der Waals surface area contributed by atoms with Crippen molar-refractivity contribution in [1.82, 2.24) is 0 Å². The third-order valence-electron chi connectivity index (χ3n) is 1.99. The lowest BCUT2D eigenvalue weighted by Gasteiger charge is -2.11. The lowest BCUT2D eigenvalue weighted by molar-refractivity contribution is -0.153. The highest BCUT2D eigenvalue weighted by molar-refractivity contribution is 5.78. The average Bonchev–Trinajstić information content (AvgIpc) is 2.14. The molecule has 0 aromatic heterocycles. The second-order valence-corrected chi connectivity index (χ2v) is 3.22. The standard InChI is InChI=1S/C10H18O4/c1-3-5-6-14-10(13)8(4-2)7-9(11)12/h8H,3-7H2,1-2H3,(H,11,12). The van der Waals surface area contributed by atoms with E-state index in [1.165, 1.54) is 0 Å². The molecule has 0 aromatic rings. The van der Waals surface area contributed by atoms with Crippen molar-refractivity contribution in [3.63, 3.8) is 0 Å². The largest absolute Gasteiger partial charge is 0.481 e. The van der Waals surface area contributed by atoms with Gasteiger partial charge in [-0.15, -0.1) is 0 Å². The smallest absolute Gasteiger partial charge is 0.309 e. The molecule has 0 saturated heterocycles. The number of hydrogen-bond acceptors (Lipinski definition) is 3. The van der Waals surface area contributed by atoms with Crippen LogP contribution in [0.2, 0.25) is 0 Å². The van der Waals surface area contributed by atoms with E-state index in [0.717, 1.165) is 12.8 Å². The number of rotatable bonds is 7. The molecule has 0 aliphatic carbocycles. The first-order valence-electron chi connectivity index (χ1n) is 5.00. The highest BCUT2D eigenvalue weighted by atomic mass is 16.5. The summed E-state index contributed by atoms with van der Waals surface area (Å²) >= 11 is 0. The molecule has 1 N–H and O–H groups in total. The quantitative estimate of drug-likeness (QED) is 0.505. The fourth-order valence-corrected chi connectivity index (χ4v) is 1.04. The Labute approximate surface area is 84.3 Å². The van der Waals surface area contributed by atoms with Gasteiger partial charge < -0.3 is 9.84 Å². The van der Waals surface area contributed by atoms with Crippen molar-refractivity contribution in [3.05, 3.63) is 0 Å². The minimum Gasteiger partial charge on any atom is -0.481 e. The lowest BCUT2D eigenvalue weighted by atomic mass is 10.0. The van der Waals surface area contributed by atoms with Gasteiger partial charge >= 0.3 is 11.9 Å². The van der Waals surface area contributed by atoms with Gasteiger partial charge in [-0.05, 0) is 12.8 Å². The van der Waals surface area contributed by atoms with E-state index in [9.17, 15) is 9.59 Å². The minimum absolute atomic E-state index is 0.137. The van der Waals surface area contributed by atoms with Crippen LogP contribution in [0.4, 0.5) is 0 Å². The van der Waals surface area contributed by atoms with Gasteiger partial charge in [0.05, 0.1) is 18.9 Å². The van der Waals surface area contributed by atoms with Crippen molar-refractivity contribution in [1.29, 1.82) is 0 Å². The van der Waals surface area contributed by atoms with Crippen LogP contribution < -0.4 is 0 Å². The van der Waals surface area contributed by atoms with Crippen molar-refractivity contribution in [3.8, 4) is 0 Å². The van der Waals surface area contributed by atoms with Gasteiger partial charge in [0.1, 0.15) is 0 Å². The molecule has 0 radical (unpaired) electrons. The van der Waals surface area contributed by atoms with Gasteiger partial charge in [0.2, 0.25) is 0 Å². The summed E-state index contributed by atoms with van der Waals surface area (Å²) in [6.45, 7) is 4.18. The van der Waals surface area contributed by atoms with E-state index < -0.39 is 11.9 Å². The van der Waals surface area contributed by atoms with Gasteiger partial charge in [-0.1, -0.05) is 20.3 Å². The molecule has 0 fully saturated rings. The zero-order chi connectivity index (χ0) is 11.0. The highest BCUT2D eigenvalue weighted by Crippen LogP contribution is 2.10. The van der Waals surface area contributed by atoms with Crippen LogP contribution >= 0.6 is 0 Å². The normalized spacial score (nSPS) is 12.1. The van der Waals surface area contributed by atoms with Gasteiger partial charge in [0.15, 0.2) is 0 Å². The average molecular weight is 202 g/mol. The Bertz CT molecular complexity index is 189. The number of carbonyl (C=O) groups is 2. The maximum Gasteiger partial charge on any atom is 0.309 e. The number of esters is 1. The molecule has 0 heterocycles. The molecule has 4 heteroatoms. The molecular formula is C10H18O4. The molecule has 1 atom stereocenters. The SMILES string of the molecule is CCCCOC(=O)C(CC)CC(=O)O. The number of aliphatic carboxylic acids is 1. The number of ether oxygens (including phenoxy) is 1. The predicted octanol–water partition coefficient (Wildman–Crippen LogP) is 1.83. The maximum atomic E-state index is 11.3. The fraction of sp³-hybridized carbons (Fsp3) is 0.800. The Kier molecular flexibility index (Phi) is 6.80. The second kappa shape index (κ2) is 7.35. The van der Waals surface area contributed by atoms with Crippen LogP contribution in [0.25, 0.3) is 0 Å². The number of hydrogen-bond donors (Lipinski definition) is 1. The van der Waals surface area contributed by atoms with Gasteiger partial charge in [-0.2, -0.15) is 0 Å². The zero-order valence-corrected chi connectivity index (χ0v) is 8.78. The van der Waals surface area contributed by atoms with Crippen molar-refractivity contribution in [2.45, 2.75) is 39.5 Å². The maximum absolute atomic E-state index is 11.3. The van der Waals surface area contributed by atoms with Gasteiger partial charge in [-0.3, -0.25) is 9.59 Å². The van der Waals surface area contributed by atoms with Crippen molar-refractivity contribution < 1.29 is 19.4 Å². The zero-order valence-electron chi connectivity index (χ0n) is 8.78. The predicted molar refractivity (Wildman–Crippen MR) is 51.9 cm³/mol. The van der Waals surface area contributed by atoms with Crippen LogP contribution in [-0.4, -0.2) is 23.7 Å². The summed E-state index contributed by atoms with van der Waals surface area (Å²) in [4.78, 5) is 21.7. The van der Waals surface area contributed by atoms with E-state index >= 15 is 0 Å². The van der Waals surface area contributed by atoms with Crippen LogP contribution in [0.1, 0.15) is 39.5 Å². The molecular weight excluding hydrogens is 184 g/mol. The molecule has 0 bridgehead atoms. The molecule has 0 aromatic carbocycles. The first-order chi connectivity index (χ1) is 6.61. The summed E-state index contributed by atoms with van der Waals surface area (Å²) in [5, 5.41) is 8.53. The van der Waals surface area contributed by atoms with Gasteiger partial charge in [-0.25, -0.2) is 0 Å². The number of unbranched alkanes of at least 4 members (excludes halogenated alkanes) is 1. The van der Waals surface area contributed by atoms with E-state index in [0.29, 0.717) is 13.0 Å². The molecule has 14 heavy (non-hydrogen) atoms. The van der Waals surface area contributed by atoms with Gasteiger partial charge in [0.25, 0.3) is 0 Å².